The second-order valence-corrected chi connectivity index (χ2v) is 14.3. The standard InChI is InChI=1S/C27H48ClN7O2S/c28-19-5-4-18-2-1-3-21(18)25(32-16-19)24(26(29)30)27(36)33-22-17-31-9-6-23(22)35-10-7-20(8-11-35)34-12-14-38(37)15-13-34/h18-20,22-24,26,31-32H,1-17,29-30H2,(H,33,36)/b25-21-. The Hall–Kier alpha value is -0.590. The van der Waals surface area contributed by atoms with Crippen molar-refractivity contribution in [1.29, 1.82) is 0 Å². The zero-order valence-electron chi connectivity index (χ0n) is 22.7. The van der Waals surface area contributed by atoms with Crippen molar-refractivity contribution in [3.05, 3.63) is 11.3 Å². The van der Waals surface area contributed by atoms with E-state index in [0.717, 1.165) is 108 Å². The van der Waals surface area contributed by atoms with Crippen LogP contribution in [0.5, 0.6) is 0 Å². The summed E-state index contributed by atoms with van der Waals surface area (Å²) in [7, 11) is 0. The van der Waals surface area contributed by atoms with Gasteiger partial charge >= 0.3 is 0 Å². The Labute approximate surface area is 236 Å². The zero-order chi connectivity index (χ0) is 26.6. The lowest BCUT2D eigenvalue weighted by Gasteiger charge is -2.46. The van der Waals surface area contributed by atoms with Crippen LogP contribution in [-0.4, -0.2) is 107 Å². The fourth-order valence-corrected chi connectivity index (χ4v) is 8.80. The maximum absolute atomic E-state index is 13.9. The molecule has 5 rings (SSSR count). The van der Waals surface area contributed by atoms with Gasteiger partial charge in [-0.2, -0.15) is 0 Å². The van der Waals surface area contributed by atoms with Crippen LogP contribution >= 0.6 is 11.6 Å². The van der Waals surface area contributed by atoms with Crippen LogP contribution in [0.2, 0.25) is 0 Å². The normalized spacial score (nSPS) is 35.8. The third kappa shape index (κ3) is 6.82. The Morgan fingerprint density at radius 2 is 1.79 bits per heavy atom. The molecule has 1 saturated carbocycles. The SMILES string of the molecule is NC(N)C(C(=O)NC1CNCCC1N1CCC(N2CC[S+]([O-])CC2)CC1)/C1=C2\CCCC2CCC(Cl)CN1. The molecule has 3 saturated heterocycles. The van der Waals surface area contributed by atoms with E-state index in [2.05, 4.69) is 25.8 Å². The van der Waals surface area contributed by atoms with Gasteiger partial charge < -0.3 is 32.0 Å². The highest BCUT2D eigenvalue weighted by Gasteiger charge is 2.39. The van der Waals surface area contributed by atoms with Crippen molar-refractivity contribution in [1.82, 2.24) is 25.8 Å². The van der Waals surface area contributed by atoms with Crippen LogP contribution in [0.25, 0.3) is 0 Å². The number of halogens is 1. The molecule has 4 fully saturated rings. The van der Waals surface area contributed by atoms with Gasteiger partial charge in [-0.05, 0) is 69.4 Å². The second kappa shape index (κ2) is 13.4. The minimum absolute atomic E-state index is 0.0192. The van der Waals surface area contributed by atoms with Gasteiger partial charge in [0, 0.05) is 57.0 Å². The molecule has 5 aliphatic rings. The van der Waals surface area contributed by atoms with Crippen molar-refractivity contribution in [3.63, 3.8) is 0 Å². The average molecular weight is 570 g/mol. The van der Waals surface area contributed by atoms with E-state index in [1.54, 1.807) is 0 Å². The molecule has 0 aromatic carbocycles. The quantitative estimate of drug-likeness (QED) is 0.175. The van der Waals surface area contributed by atoms with Crippen molar-refractivity contribution in [2.75, 3.05) is 57.3 Å². The van der Waals surface area contributed by atoms with Gasteiger partial charge in [0.2, 0.25) is 5.91 Å². The lowest BCUT2D eigenvalue weighted by Crippen LogP contribution is -2.63. The van der Waals surface area contributed by atoms with Crippen molar-refractivity contribution >= 4 is 28.7 Å². The van der Waals surface area contributed by atoms with E-state index in [0.29, 0.717) is 24.5 Å². The number of piperidine rings is 2. The Morgan fingerprint density at radius 1 is 1.03 bits per heavy atom. The van der Waals surface area contributed by atoms with E-state index in [9.17, 15) is 9.35 Å². The fraction of sp³-hybridized carbons (Fsp3) is 0.889. The number of likely N-dealkylation sites (tertiary alicyclic amines) is 1. The minimum atomic E-state index is -0.774. The molecule has 4 heterocycles. The van der Waals surface area contributed by atoms with Crippen LogP contribution in [0.4, 0.5) is 0 Å². The molecular formula is C27H48ClN7O2S. The van der Waals surface area contributed by atoms with Gasteiger partial charge in [0.25, 0.3) is 0 Å². The van der Waals surface area contributed by atoms with Gasteiger partial charge in [0.1, 0.15) is 17.4 Å². The molecule has 0 bridgehead atoms. The summed E-state index contributed by atoms with van der Waals surface area (Å²) >= 11 is 5.93. The number of carbonyl (C=O) groups excluding carboxylic acids is 1. The number of nitrogens with zero attached hydrogens (tertiary/aromatic N) is 2. The summed E-state index contributed by atoms with van der Waals surface area (Å²) < 4.78 is 11.8. The summed E-state index contributed by atoms with van der Waals surface area (Å²) in [5.41, 5.74) is 14.9. The number of nitrogens with one attached hydrogen (secondary N) is 3. The highest BCUT2D eigenvalue weighted by molar-refractivity contribution is 7.91. The van der Waals surface area contributed by atoms with Crippen LogP contribution in [0.15, 0.2) is 11.3 Å². The molecule has 5 unspecified atom stereocenters. The van der Waals surface area contributed by atoms with E-state index in [-0.39, 0.29) is 17.3 Å². The Bertz CT molecular complexity index is 832. The van der Waals surface area contributed by atoms with Crippen LogP contribution < -0.4 is 27.4 Å². The molecule has 11 heteroatoms. The first-order valence-electron chi connectivity index (χ1n) is 14.9. The zero-order valence-corrected chi connectivity index (χ0v) is 24.3. The first-order valence-corrected chi connectivity index (χ1v) is 16.8. The number of amides is 1. The smallest absolute Gasteiger partial charge is 0.232 e. The lowest BCUT2D eigenvalue weighted by atomic mass is 9.87. The molecule has 0 radical (unpaired) electrons. The number of rotatable bonds is 6. The van der Waals surface area contributed by atoms with E-state index < -0.39 is 23.3 Å². The fourth-order valence-electron chi connectivity index (χ4n) is 7.52. The number of nitrogens with two attached hydrogens (primary N) is 2. The minimum Gasteiger partial charge on any atom is -0.616 e. The van der Waals surface area contributed by atoms with Crippen LogP contribution in [0, 0.1) is 11.8 Å². The Kier molecular flexibility index (Phi) is 10.2. The van der Waals surface area contributed by atoms with E-state index >= 15 is 0 Å². The van der Waals surface area contributed by atoms with Gasteiger partial charge in [-0.25, -0.2) is 0 Å². The van der Waals surface area contributed by atoms with Crippen LogP contribution in [-0.2, 0) is 16.0 Å². The Morgan fingerprint density at radius 3 is 2.53 bits per heavy atom. The maximum atomic E-state index is 13.9. The van der Waals surface area contributed by atoms with Crippen LogP contribution in [0.1, 0.15) is 51.4 Å². The predicted molar refractivity (Wildman–Crippen MR) is 154 cm³/mol. The third-order valence-electron chi connectivity index (χ3n) is 9.63. The summed E-state index contributed by atoms with van der Waals surface area (Å²) in [4.78, 5) is 19.0. The summed E-state index contributed by atoms with van der Waals surface area (Å²) in [6.07, 6.45) is 7.87. The van der Waals surface area contributed by atoms with Gasteiger partial charge in [0.05, 0.1) is 17.6 Å². The van der Waals surface area contributed by atoms with Crippen molar-refractivity contribution < 1.29 is 9.35 Å². The summed E-state index contributed by atoms with van der Waals surface area (Å²) in [5, 5.41) is 10.5. The van der Waals surface area contributed by atoms with Gasteiger partial charge in [-0.1, -0.05) is 11.2 Å². The van der Waals surface area contributed by atoms with Gasteiger partial charge in [-0.15, -0.1) is 11.6 Å². The topological polar surface area (TPSA) is 135 Å². The summed E-state index contributed by atoms with van der Waals surface area (Å²) in [6, 6.07) is 0.909. The maximum Gasteiger partial charge on any atom is 0.232 e. The molecule has 1 aliphatic carbocycles. The number of fused-ring (bicyclic) bond motifs is 1. The monoisotopic (exact) mass is 569 g/mol. The molecular weight excluding hydrogens is 522 g/mol. The number of hydrogen-bond donors (Lipinski definition) is 5. The predicted octanol–water partition coefficient (Wildman–Crippen LogP) is 0.267. The molecule has 38 heavy (non-hydrogen) atoms. The number of hydrogen-bond acceptors (Lipinski definition) is 8. The third-order valence-corrected chi connectivity index (χ3v) is 11.3. The van der Waals surface area contributed by atoms with E-state index in [1.165, 1.54) is 5.57 Å². The molecule has 9 nitrogen and oxygen atoms in total. The van der Waals surface area contributed by atoms with Crippen molar-refractivity contribution in [2.24, 2.45) is 23.3 Å². The largest absolute Gasteiger partial charge is 0.616 e. The van der Waals surface area contributed by atoms with Crippen molar-refractivity contribution in [2.45, 2.75) is 81.0 Å². The van der Waals surface area contributed by atoms with Crippen molar-refractivity contribution in [3.8, 4) is 0 Å². The molecule has 0 aromatic rings. The molecule has 0 aromatic heterocycles. The summed E-state index contributed by atoms with van der Waals surface area (Å²) in [5.74, 6) is 1.44. The van der Waals surface area contributed by atoms with E-state index in [1.807, 2.05) is 0 Å². The number of carbonyl (C=O) groups is 1. The van der Waals surface area contributed by atoms with Gasteiger partial charge in [-0.3, -0.25) is 14.6 Å². The molecule has 7 N–H and O–H groups in total. The highest BCUT2D eigenvalue weighted by atomic mass is 35.5. The van der Waals surface area contributed by atoms with Gasteiger partial charge in [0.15, 0.2) is 0 Å². The van der Waals surface area contributed by atoms with E-state index in [4.69, 9.17) is 23.1 Å². The molecule has 0 spiro atoms. The second-order valence-electron chi connectivity index (χ2n) is 12.0. The Balaban J connectivity index is 1.24. The molecule has 4 aliphatic heterocycles. The van der Waals surface area contributed by atoms with Crippen LogP contribution in [0.3, 0.4) is 0 Å². The summed E-state index contributed by atoms with van der Waals surface area (Å²) in [6.45, 7) is 6.35. The molecule has 216 valence electrons. The number of alkyl halides is 1. The molecule has 1 amide bonds. The average Bonchev–Trinajstić information content (AvgIpc) is 3.37. The molecule has 5 atom stereocenters. The highest BCUT2D eigenvalue weighted by Crippen LogP contribution is 2.39. The first-order chi connectivity index (χ1) is 18.4. The number of allylic oxidation sites excluding steroid dienone is 1. The lowest BCUT2D eigenvalue weighted by molar-refractivity contribution is -0.126. The first kappa shape index (κ1) is 28.9.